The molecule has 0 heterocycles. The first-order valence-corrected chi connectivity index (χ1v) is 7.68. The van der Waals surface area contributed by atoms with E-state index in [0.29, 0.717) is 12.2 Å². The Balaban J connectivity index is 2.00. The van der Waals surface area contributed by atoms with E-state index in [0.717, 1.165) is 18.7 Å². The number of carbonyl (C=O) groups is 1. The van der Waals surface area contributed by atoms with Crippen LogP contribution >= 0.6 is 0 Å². The number of anilines is 1. The van der Waals surface area contributed by atoms with Crippen LogP contribution in [0.5, 0.6) is 0 Å². The minimum absolute atomic E-state index is 0.213. The molecular weight excluding hydrogens is 290 g/mol. The lowest BCUT2D eigenvalue weighted by atomic mass is 10.2. The van der Waals surface area contributed by atoms with Gasteiger partial charge in [-0.3, -0.25) is 0 Å². The maximum atomic E-state index is 10.9. The first kappa shape index (κ1) is 16.7. The molecule has 0 fully saturated rings. The van der Waals surface area contributed by atoms with Gasteiger partial charge in [0.15, 0.2) is 0 Å². The van der Waals surface area contributed by atoms with Crippen LogP contribution in [0.25, 0.3) is 0 Å². The summed E-state index contributed by atoms with van der Waals surface area (Å²) in [7, 11) is 0. The molecular formula is C18H21N3O2. The van der Waals surface area contributed by atoms with Gasteiger partial charge in [0.05, 0.1) is 17.8 Å². The average Bonchev–Trinajstić information content (AvgIpc) is 2.57. The summed E-state index contributed by atoms with van der Waals surface area (Å²) in [6.45, 7) is 6.70. The van der Waals surface area contributed by atoms with E-state index in [2.05, 4.69) is 41.1 Å². The summed E-state index contributed by atoms with van der Waals surface area (Å²) in [5.41, 5.74) is 3.03. The highest BCUT2D eigenvalue weighted by molar-refractivity contribution is 5.88. The van der Waals surface area contributed by atoms with E-state index in [9.17, 15) is 4.79 Å². The molecule has 0 atom stereocenters. The summed E-state index contributed by atoms with van der Waals surface area (Å²) >= 11 is 0. The van der Waals surface area contributed by atoms with Crippen LogP contribution in [0.15, 0.2) is 58.8 Å². The number of aromatic carboxylic acids is 1. The van der Waals surface area contributed by atoms with Crippen molar-refractivity contribution in [1.29, 1.82) is 0 Å². The number of carboxylic acid groups (broad SMARTS) is 1. The Hall–Kier alpha value is -2.69. The molecule has 0 unspecified atom stereocenters. The van der Waals surface area contributed by atoms with Gasteiger partial charge in [-0.2, -0.15) is 10.2 Å². The summed E-state index contributed by atoms with van der Waals surface area (Å²) in [5, 5.41) is 17.2. The normalized spacial score (nSPS) is 10.9. The summed E-state index contributed by atoms with van der Waals surface area (Å²) in [4.78, 5) is 13.2. The Bertz CT molecular complexity index is 677. The van der Waals surface area contributed by atoms with Crippen LogP contribution in [0.3, 0.4) is 0 Å². The van der Waals surface area contributed by atoms with Crippen molar-refractivity contribution >= 4 is 17.3 Å². The Labute approximate surface area is 136 Å². The van der Waals surface area contributed by atoms with Crippen molar-refractivity contribution in [2.45, 2.75) is 20.4 Å². The lowest BCUT2D eigenvalue weighted by molar-refractivity contribution is 0.0697. The van der Waals surface area contributed by atoms with Crippen molar-refractivity contribution in [2.24, 2.45) is 10.2 Å². The number of carboxylic acids is 1. The van der Waals surface area contributed by atoms with Gasteiger partial charge >= 0.3 is 5.97 Å². The van der Waals surface area contributed by atoms with E-state index in [1.54, 1.807) is 12.1 Å². The predicted octanol–water partition coefficient (Wildman–Crippen LogP) is 4.51. The molecule has 5 heteroatoms. The molecule has 0 aliphatic rings. The molecule has 0 aliphatic carbocycles. The minimum atomic E-state index is -0.964. The largest absolute Gasteiger partial charge is 0.478 e. The van der Waals surface area contributed by atoms with Crippen molar-refractivity contribution in [3.8, 4) is 0 Å². The molecule has 5 nitrogen and oxygen atoms in total. The summed E-state index contributed by atoms with van der Waals surface area (Å²) in [6.07, 6.45) is 0. The second-order valence-corrected chi connectivity index (χ2v) is 5.09. The Morgan fingerprint density at radius 3 is 2.39 bits per heavy atom. The molecule has 23 heavy (non-hydrogen) atoms. The Kier molecular flexibility index (Phi) is 5.86. The van der Waals surface area contributed by atoms with E-state index in [1.807, 2.05) is 12.1 Å². The molecule has 0 saturated heterocycles. The Morgan fingerprint density at radius 2 is 1.78 bits per heavy atom. The highest BCUT2D eigenvalue weighted by Gasteiger charge is 2.03. The monoisotopic (exact) mass is 311 g/mol. The average molecular weight is 311 g/mol. The van der Waals surface area contributed by atoms with Gasteiger partial charge in [0, 0.05) is 18.8 Å². The van der Waals surface area contributed by atoms with Crippen molar-refractivity contribution in [1.82, 2.24) is 0 Å². The van der Waals surface area contributed by atoms with E-state index in [4.69, 9.17) is 5.11 Å². The van der Waals surface area contributed by atoms with Crippen molar-refractivity contribution < 1.29 is 9.90 Å². The van der Waals surface area contributed by atoms with Gasteiger partial charge in [0.2, 0.25) is 0 Å². The standard InChI is InChI=1S/C18H21N3O2/c1-3-21(4-2)17-10-8-14(9-11-17)13-19-20-16-7-5-6-15(12-16)18(22)23/h5-12H,3-4,13H2,1-2H3,(H,22,23). The van der Waals surface area contributed by atoms with Crippen LogP contribution in [-0.2, 0) is 6.54 Å². The van der Waals surface area contributed by atoms with Gasteiger partial charge in [0.25, 0.3) is 0 Å². The fourth-order valence-electron chi connectivity index (χ4n) is 2.30. The second kappa shape index (κ2) is 8.08. The summed E-state index contributed by atoms with van der Waals surface area (Å²) in [5.74, 6) is -0.964. The van der Waals surface area contributed by atoms with E-state index >= 15 is 0 Å². The van der Waals surface area contributed by atoms with Crippen LogP contribution in [0.2, 0.25) is 0 Å². The molecule has 0 spiro atoms. The van der Waals surface area contributed by atoms with Gasteiger partial charge in [-0.15, -0.1) is 0 Å². The molecule has 2 rings (SSSR count). The van der Waals surface area contributed by atoms with Gasteiger partial charge < -0.3 is 10.0 Å². The zero-order valence-corrected chi connectivity index (χ0v) is 13.4. The second-order valence-electron chi connectivity index (χ2n) is 5.09. The summed E-state index contributed by atoms with van der Waals surface area (Å²) in [6, 6.07) is 14.7. The number of hydrogen-bond donors (Lipinski definition) is 1. The van der Waals surface area contributed by atoms with Gasteiger partial charge in [-0.1, -0.05) is 18.2 Å². The molecule has 0 radical (unpaired) electrons. The molecule has 0 amide bonds. The highest BCUT2D eigenvalue weighted by atomic mass is 16.4. The van der Waals surface area contributed by atoms with Gasteiger partial charge in [0.1, 0.15) is 0 Å². The maximum absolute atomic E-state index is 10.9. The first-order valence-electron chi connectivity index (χ1n) is 7.68. The van der Waals surface area contributed by atoms with E-state index in [-0.39, 0.29) is 5.56 Å². The van der Waals surface area contributed by atoms with Crippen LogP contribution in [0.1, 0.15) is 29.8 Å². The lowest BCUT2D eigenvalue weighted by Crippen LogP contribution is -2.21. The third-order valence-electron chi connectivity index (χ3n) is 3.60. The number of rotatable bonds is 7. The van der Waals surface area contributed by atoms with E-state index < -0.39 is 5.97 Å². The zero-order valence-electron chi connectivity index (χ0n) is 13.4. The molecule has 120 valence electrons. The molecule has 2 aromatic rings. The van der Waals surface area contributed by atoms with Crippen LogP contribution in [-0.4, -0.2) is 24.2 Å². The smallest absolute Gasteiger partial charge is 0.335 e. The predicted molar refractivity (Wildman–Crippen MR) is 91.6 cm³/mol. The SMILES string of the molecule is CCN(CC)c1ccc(CN=Nc2cccc(C(=O)O)c2)cc1. The third kappa shape index (κ3) is 4.64. The lowest BCUT2D eigenvalue weighted by Gasteiger charge is -2.20. The number of azo groups is 1. The topological polar surface area (TPSA) is 65.3 Å². The molecule has 2 aromatic carbocycles. The van der Waals surface area contributed by atoms with Gasteiger partial charge in [-0.25, -0.2) is 4.79 Å². The minimum Gasteiger partial charge on any atom is -0.478 e. The van der Waals surface area contributed by atoms with Crippen LogP contribution in [0.4, 0.5) is 11.4 Å². The zero-order chi connectivity index (χ0) is 16.7. The Morgan fingerprint density at radius 1 is 1.09 bits per heavy atom. The molecule has 0 aromatic heterocycles. The number of benzene rings is 2. The highest BCUT2D eigenvalue weighted by Crippen LogP contribution is 2.17. The maximum Gasteiger partial charge on any atom is 0.335 e. The number of nitrogens with zero attached hydrogens (tertiary/aromatic N) is 3. The third-order valence-corrected chi connectivity index (χ3v) is 3.60. The molecule has 0 saturated carbocycles. The first-order chi connectivity index (χ1) is 11.1. The van der Waals surface area contributed by atoms with Gasteiger partial charge in [-0.05, 0) is 49.7 Å². The molecule has 0 bridgehead atoms. The summed E-state index contributed by atoms with van der Waals surface area (Å²) < 4.78 is 0. The fourth-order valence-corrected chi connectivity index (χ4v) is 2.30. The quantitative estimate of drug-likeness (QED) is 0.765. The van der Waals surface area contributed by atoms with Crippen LogP contribution in [0, 0.1) is 0 Å². The van der Waals surface area contributed by atoms with Crippen molar-refractivity contribution in [3.63, 3.8) is 0 Å². The van der Waals surface area contributed by atoms with E-state index in [1.165, 1.54) is 17.8 Å². The molecule has 0 aliphatic heterocycles. The molecule has 1 N–H and O–H groups in total. The van der Waals surface area contributed by atoms with Crippen molar-refractivity contribution in [3.05, 3.63) is 59.7 Å². The number of hydrogen-bond acceptors (Lipinski definition) is 4. The van der Waals surface area contributed by atoms with Crippen LogP contribution < -0.4 is 4.90 Å². The van der Waals surface area contributed by atoms with Crippen molar-refractivity contribution in [2.75, 3.05) is 18.0 Å². The fraction of sp³-hybridized carbons (Fsp3) is 0.278.